The maximum Gasteiger partial charge on any atom is 0.0701 e. The first kappa shape index (κ1) is 13.5. The Morgan fingerprint density at radius 3 is 3.00 bits per heavy atom. The van der Waals surface area contributed by atoms with Gasteiger partial charge in [-0.3, -0.25) is 4.98 Å². The first-order chi connectivity index (χ1) is 8.70. The molecule has 0 radical (unpaired) electrons. The molecule has 0 unspecified atom stereocenters. The molecule has 0 saturated heterocycles. The van der Waals surface area contributed by atoms with Crippen molar-refractivity contribution in [2.45, 2.75) is 13.1 Å². The third-order valence-electron chi connectivity index (χ3n) is 2.71. The molecule has 0 aliphatic rings. The van der Waals surface area contributed by atoms with Gasteiger partial charge in [-0.2, -0.15) is 0 Å². The van der Waals surface area contributed by atoms with Crippen LogP contribution in [-0.2, 0) is 13.1 Å². The maximum atomic E-state index is 4.22. The van der Waals surface area contributed by atoms with Crippen molar-refractivity contribution in [3.63, 3.8) is 0 Å². The largest absolute Gasteiger partial charge is 0.369 e. The van der Waals surface area contributed by atoms with Crippen LogP contribution in [0, 0.1) is 0 Å². The number of nitrogens with zero attached hydrogens (tertiary/aromatic N) is 2. The normalized spacial score (nSPS) is 10.6. The molecule has 0 saturated carbocycles. The second-order valence-corrected chi connectivity index (χ2v) is 6.44. The SMILES string of the molecule is CNCc1ccncc1N(C)Cc1csc(Br)c1. The summed E-state index contributed by atoms with van der Waals surface area (Å²) in [6.07, 6.45) is 3.76. The number of halogens is 1. The van der Waals surface area contributed by atoms with E-state index in [9.17, 15) is 0 Å². The highest BCUT2D eigenvalue weighted by Gasteiger charge is 2.08. The fourth-order valence-corrected chi connectivity index (χ4v) is 3.09. The summed E-state index contributed by atoms with van der Waals surface area (Å²) in [5.74, 6) is 0. The molecule has 3 nitrogen and oxygen atoms in total. The van der Waals surface area contributed by atoms with E-state index >= 15 is 0 Å². The monoisotopic (exact) mass is 325 g/mol. The third-order valence-corrected chi connectivity index (χ3v) is 4.26. The second kappa shape index (κ2) is 6.31. The summed E-state index contributed by atoms with van der Waals surface area (Å²) in [7, 11) is 4.06. The average Bonchev–Trinajstić information content (AvgIpc) is 2.76. The van der Waals surface area contributed by atoms with E-state index in [-0.39, 0.29) is 0 Å². The number of aromatic nitrogens is 1. The summed E-state index contributed by atoms with van der Waals surface area (Å²) in [6.45, 7) is 1.75. The summed E-state index contributed by atoms with van der Waals surface area (Å²) in [6, 6.07) is 4.22. The third kappa shape index (κ3) is 3.31. The number of hydrogen-bond donors (Lipinski definition) is 1. The van der Waals surface area contributed by atoms with Gasteiger partial charge >= 0.3 is 0 Å². The van der Waals surface area contributed by atoms with Crippen molar-refractivity contribution in [3.8, 4) is 0 Å². The van der Waals surface area contributed by atoms with Gasteiger partial charge in [0.2, 0.25) is 0 Å². The van der Waals surface area contributed by atoms with Crippen LogP contribution in [0.5, 0.6) is 0 Å². The lowest BCUT2D eigenvalue weighted by Crippen LogP contribution is -2.19. The topological polar surface area (TPSA) is 28.2 Å². The Hall–Kier alpha value is -0.910. The van der Waals surface area contributed by atoms with Crippen LogP contribution < -0.4 is 10.2 Å². The zero-order valence-corrected chi connectivity index (χ0v) is 12.9. The molecular weight excluding hydrogens is 310 g/mol. The Morgan fingerprint density at radius 1 is 1.50 bits per heavy atom. The van der Waals surface area contributed by atoms with Gasteiger partial charge in [-0.15, -0.1) is 11.3 Å². The van der Waals surface area contributed by atoms with Crippen molar-refractivity contribution in [2.24, 2.45) is 0 Å². The highest BCUT2D eigenvalue weighted by Crippen LogP contribution is 2.24. The van der Waals surface area contributed by atoms with E-state index in [1.807, 2.05) is 19.4 Å². The standard InChI is InChI=1S/C13H16BrN3S/c1-15-6-11-3-4-16-7-12(11)17(2)8-10-5-13(14)18-9-10/h3-5,7,9,15H,6,8H2,1-2H3. The fraction of sp³-hybridized carbons (Fsp3) is 0.308. The molecule has 0 atom stereocenters. The van der Waals surface area contributed by atoms with Crippen LogP contribution in [-0.4, -0.2) is 19.1 Å². The van der Waals surface area contributed by atoms with Crippen LogP contribution in [0.2, 0.25) is 0 Å². The predicted octanol–water partition coefficient (Wildman–Crippen LogP) is 3.26. The van der Waals surface area contributed by atoms with Gasteiger partial charge in [0.05, 0.1) is 15.7 Å². The molecule has 0 bridgehead atoms. The quantitative estimate of drug-likeness (QED) is 0.914. The highest BCUT2D eigenvalue weighted by molar-refractivity contribution is 9.11. The molecule has 2 rings (SSSR count). The van der Waals surface area contributed by atoms with Crippen LogP contribution in [0.4, 0.5) is 5.69 Å². The lowest BCUT2D eigenvalue weighted by molar-refractivity contribution is 0.803. The van der Waals surface area contributed by atoms with E-state index in [4.69, 9.17) is 0 Å². The zero-order valence-electron chi connectivity index (χ0n) is 10.5. The molecule has 2 aromatic rings. The minimum Gasteiger partial charge on any atom is -0.369 e. The van der Waals surface area contributed by atoms with Gasteiger partial charge < -0.3 is 10.2 Å². The second-order valence-electron chi connectivity index (χ2n) is 4.15. The van der Waals surface area contributed by atoms with Crippen molar-refractivity contribution >= 4 is 33.0 Å². The van der Waals surface area contributed by atoms with Gasteiger partial charge in [-0.25, -0.2) is 0 Å². The number of pyridine rings is 1. The van der Waals surface area contributed by atoms with E-state index < -0.39 is 0 Å². The molecule has 96 valence electrons. The van der Waals surface area contributed by atoms with Crippen molar-refractivity contribution in [3.05, 3.63) is 44.8 Å². The van der Waals surface area contributed by atoms with Gasteiger partial charge in [-0.05, 0) is 51.6 Å². The zero-order chi connectivity index (χ0) is 13.0. The molecule has 0 spiro atoms. The molecular formula is C13H16BrN3S. The lowest BCUT2D eigenvalue weighted by Gasteiger charge is -2.21. The number of hydrogen-bond acceptors (Lipinski definition) is 4. The smallest absolute Gasteiger partial charge is 0.0701 e. The molecule has 0 fully saturated rings. The summed E-state index contributed by atoms with van der Waals surface area (Å²) >= 11 is 5.21. The molecule has 2 heterocycles. The number of anilines is 1. The number of rotatable bonds is 5. The fourth-order valence-electron chi connectivity index (χ4n) is 1.89. The van der Waals surface area contributed by atoms with E-state index in [0.29, 0.717) is 0 Å². The van der Waals surface area contributed by atoms with Crippen LogP contribution in [0.1, 0.15) is 11.1 Å². The Bertz CT molecular complexity index is 512. The van der Waals surface area contributed by atoms with Crippen LogP contribution >= 0.6 is 27.3 Å². The molecule has 0 amide bonds. The van der Waals surface area contributed by atoms with Gasteiger partial charge in [-0.1, -0.05) is 0 Å². The van der Waals surface area contributed by atoms with Gasteiger partial charge in [0.25, 0.3) is 0 Å². The predicted molar refractivity (Wildman–Crippen MR) is 81.1 cm³/mol. The van der Waals surface area contributed by atoms with Crippen LogP contribution in [0.25, 0.3) is 0 Å². The van der Waals surface area contributed by atoms with E-state index in [0.717, 1.165) is 13.1 Å². The summed E-state index contributed by atoms with van der Waals surface area (Å²) in [4.78, 5) is 6.45. The minimum atomic E-state index is 0.857. The summed E-state index contributed by atoms with van der Waals surface area (Å²) in [5, 5.41) is 5.36. The van der Waals surface area contributed by atoms with Crippen molar-refractivity contribution in [1.29, 1.82) is 0 Å². The molecule has 0 aliphatic heterocycles. The Kier molecular flexibility index (Phi) is 4.74. The van der Waals surface area contributed by atoms with Crippen LogP contribution in [0.15, 0.2) is 33.7 Å². The first-order valence-electron chi connectivity index (χ1n) is 5.72. The maximum absolute atomic E-state index is 4.22. The van der Waals surface area contributed by atoms with Crippen molar-refractivity contribution in [1.82, 2.24) is 10.3 Å². The molecule has 0 aromatic carbocycles. The Labute approximate surface area is 120 Å². The number of thiophene rings is 1. The molecule has 1 N–H and O–H groups in total. The summed E-state index contributed by atoms with van der Waals surface area (Å²) in [5.41, 5.74) is 3.76. The molecule has 18 heavy (non-hydrogen) atoms. The molecule has 2 aromatic heterocycles. The van der Waals surface area contributed by atoms with Crippen molar-refractivity contribution < 1.29 is 0 Å². The molecule has 0 aliphatic carbocycles. The first-order valence-corrected chi connectivity index (χ1v) is 7.39. The molecule has 5 heteroatoms. The van der Waals surface area contributed by atoms with E-state index in [1.165, 1.54) is 20.6 Å². The van der Waals surface area contributed by atoms with Gasteiger partial charge in [0.1, 0.15) is 0 Å². The number of nitrogens with one attached hydrogen (secondary N) is 1. The van der Waals surface area contributed by atoms with Crippen molar-refractivity contribution in [2.75, 3.05) is 19.0 Å². The Morgan fingerprint density at radius 2 is 2.33 bits per heavy atom. The van der Waals surface area contributed by atoms with E-state index in [1.54, 1.807) is 11.3 Å². The highest BCUT2D eigenvalue weighted by atomic mass is 79.9. The lowest BCUT2D eigenvalue weighted by atomic mass is 10.2. The van der Waals surface area contributed by atoms with Gasteiger partial charge in [0.15, 0.2) is 0 Å². The Balaban J connectivity index is 2.15. The minimum absolute atomic E-state index is 0.857. The van der Waals surface area contributed by atoms with E-state index in [2.05, 4.69) is 55.7 Å². The van der Waals surface area contributed by atoms with Crippen LogP contribution in [0.3, 0.4) is 0 Å². The van der Waals surface area contributed by atoms with Gasteiger partial charge in [0, 0.05) is 26.3 Å². The summed E-state index contributed by atoms with van der Waals surface area (Å²) < 4.78 is 1.17. The average molecular weight is 326 g/mol.